The molecule has 6 nitrogen and oxygen atoms in total. The molecule has 0 aromatic heterocycles. The molecule has 0 fully saturated rings. The fourth-order valence-electron chi connectivity index (χ4n) is 3.61. The summed E-state index contributed by atoms with van der Waals surface area (Å²) in [6, 6.07) is 15.8. The number of carbonyl (C=O) groups excluding carboxylic acids is 2. The number of amides is 2. The summed E-state index contributed by atoms with van der Waals surface area (Å²) in [7, 11) is 0. The molecule has 0 aliphatic heterocycles. The van der Waals surface area contributed by atoms with Crippen LogP contribution in [0.3, 0.4) is 0 Å². The molecule has 2 aromatic carbocycles. The van der Waals surface area contributed by atoms with Gasteiger partial charge in [-0.05, 0) is 88.8 Å². The standard InChI is InChI=1S/C30H40N2O4/c1-21(2)23-13-11-15-25(19-23)29(5,6)31-27(33)35-17-9-10-18-36-28(34)32-30(7,8)26-16-12-14-24(20-26)22(3)4/h11-16,19-20H,1,3,9-10,17-18H2,2,4-8H3,(H,31,33)(H,32,34). The van der Waals surface area contributed by atoms with Gasteiger partial charge in [0.25, 0.3) is 0 Å². The van der Waals surface area contributed by atoms with Crippen LogP contribution in [-0.2, 0) is 20.6 Å². The Labute approximate surface area is 215 Å². The molecule has 0 spiro atoms. The lowest BCUT2D eigenvalue weighted by atomic mass is 9.92. The van der Waals surface area contributed by atoms with E-state index in [4.69, 9.17) is 9.47 Å². The van der Waals surface area contributed by atoms with Crippen molar-refractivity contribution >= 4 is 23.3 Å². The summed E-state index contributed by atoms with van der Waals surface area (Å²) in [4.78, 5) is 24.6. The SMILES string of the molecule is C=C(C)c1cccc(C(C)(C)NC(=O)OCCCCOC(=O)NC(C)(C)c2cccc(C(=C)C)c2)c1. The lowest BCUT2D eigenvalue weighted by Crippen LogP contribution is -2.41. The van der Waals surface area contributed by atoms with Gasteiger partial charge in [0, 0.05) is 0 Å². The minimum absolute atomic E-state index is 0.234. The number of nitrogens with one attached hydrogen (secondary N) is 2. The van der Waals surface area contributed by atoms with Crippen LogP contribution < -0.4 is 10.6 Å². The molecule has 2 N–H and O–H groups in total. The first-order valence-corrected chi connectivity index (χ1v) is 12.2. The first-order valence-electron chi connectivity index (χ1n) is 12.2. The van der Waals surface area contributed by atoms with Crippen molar-refractivity contribution in [2.75, 3.05) is 13.2 Å². The maximum atomic E-state index is 12.3. The van der Waals surface area contributed by atoms with Crippen molar-refractivity contribution in [3.63, 3.8) is 0 Å². The third-order valence-electron chi connectivity index (χ3n) is 5.99. The Hall–Kier alpha value is -3.54. The molecule has 0 aliphatic carbocycles. The Morgan fingerprint density at radius 2 is 1.08 bits per heavy atom. The van der Waals surface area contributed by atoms with E-state index in [1.165, 1.54) is 0 Å². The van der Waals surface area contributed by atoms with Gasteiger partial charge in [-0.1, -0.05) is 60.7 Å². The van der Waals surface area contributed by atoms with Gasteiger partial charge in [-0.25, -0.2) is 9.59 Å². The topological polar surface area (TPSA) is 76.7 Å². The van der Waals surface area contributed by atoms with E-state index in [0.717, 1.165) is 33.4 Å². The molecule has 0 saturated heterocycles. The Bertz CT molecular complexity index is 1010. The van der Waals surface area contributed by atoms with Crippen molar-refractivity contribution in [1.29, 1.82) is 0 Å². The second kappa shape index (κ2) is 12.4. The van der Waals surface area contributed by atoms with E-state index in [-0.39, 0.29) is 13.2 Å². The molecule has 0 radical (unpaired) electrons. The molecule has 194 valence electrons. The fraction of sp³-hybridized carbons (Fsp3) is 0.400. The molecule has 0 saturated carbocycles. The van der Waals surface area contributed by atoms with Gasteiger partial charge in [0.1, 0.15) is 0 Å². The van der Waals surface area contributed by atoms with Crippen LogP contribution >= 0.6 is 0 Å². The first kappa shape index (κ1) is 28.7. The van der Waals surface area contributed by atoms with Crippen molar-refractivity contribution in [3.05, 3.63) is 83.9 Å². The minimum Gasteiger partial charge on any atom is -0.450 e. The quantitative estimate of drug-likeness (QED) is 0.326. The first-order chi connectivity index (χ1) is 16.8. The average Bonchev–Trinajstić information content (AvgIpc) is 2.80. The van der Waals surface area contributed by atoms with E-state index < -0.39 is 23.3 Å². The summed E-state index contributed by atoms with van der Waals surface area (Å²) in [6.45, 7) is 20.0. The Balaban J connectivity index is 1.71. The van der Waals surface area contributed by atoms with Crippen LogP contribution in [0.5, 0.6) is 0 Å². The molecule has 2 rings (SSSR count). The third-order valence-corrected chi connectivity index (χ3v) is 5.99. The fourth-order valence-corrected chi connectivity index (χ4v) is 3.61. The maximum Gasteiger partial charge on any atom is 0.407 e. The summed E-state index contributed by atoms with van der Waals surface area (Å²) in [6.07, 6.45) is 0.184. The van der Waals surface area contributed by atoms with E-state index in [9.17, 15) is 9.59 Å². The molecule has 6 heteroatoms. The van der Waals surface area contributed by atoms with Crippen LogP contribution in [0.25, 0.3) is 11.1 Å². The second-order valence-electron chi connectivity index (χ2n) is 10.2. The van der Waals surface area contributed by atoms with Crippen LogP contribution in [0.4, 0.5) is 9.59 Å². The lowest BCUT2D eigenvalue weighted by Gasteiger charge is -2.27. The zero-order valence-electron chi connectivity index (χ0n) is 22.5. The van der Waals surface area contributed by atoms with E-state index in [1.54, 1.807) is 0 Å². The number of rotatable bonds is 11. The van der Waals surface area contributed by atoms with Gasteiger partial charge < -0.3 is 20.1 Å². The summed E-state index contributed by atoms with van der Waals surface area (Å²) in [5.74, 6) is 0. The van der Waals surface area contributed by atoms with Gasteiger partial charge in [0.15, 0.2) is 0 Å². The van der Waals surface area contributed by atoms with E-state index >= 15 is 0 Å². The Morgan fingerprint density at radius 1 is 0.722 bits per heavy atom. The Morgan fingerprint density at radius 3 is 1.42 bits per heavy atom. The average molecular weight is 493 g/mol. The van der Waals surface area contributed by atoms with Crippen molar-refractivity contribution in [2.24, 2.45) is 0 Å². The van der Waals surface area contributed by atoms with Crippen molar-refractivity contribution in [1.82, 2.24) is 10.6 Å². The molecule has 0 aliphatic rings. The van der Waals surface area contributed by atoms with E-state index in [2.05, 4.69) is 23.8 Å². The van der Waals surface area contributed by atoms with Gasteiger partial charge in [-0.3, -0.25) is 0 Å². The van der Waals surface area contributed by atoms with Crippen LogP contribution in [0.1, 0.15) is 76.6 Å². The molecule has 0 atom stereocenters. The van der Waals surface area contributed by atoms with Crippen molar-refractivity contribution < 1.29 is 19.1 Å². The molecular weight excluding hydrogens is 452 g/mol. The van der Waals surface area contributed by atoms with Gasteiger partial charge in [0.05, 0.1) is 24.3 Å². The normalized spacial score (nSPS) is 11.4. The number of hydrogen-bond donors (Lipinski definition) is 2. The number of unbranched alkanes of at least 4 members (excludes halogenated alkanes) is 1. The van der Waals surface area contributed by atoms with Crippen molar-refractivity contribution in [3.8, 4) is 0 Å². The maximum absolute atomic E-state index is 12.3. The lowest BCUT2D eigenvalue weighted by molar-refractivity contribution is 0.119. The van der Waals surface area contributed by atoms with Crippen LogP contribution in [0.15, 0.2) is 61.7 Å². The third kappa shape index (κ3) is 8.59. The monoisotopic (exact) mass is 492 g/mol. The molecule has 0 unspecified atom stereocenters. The zero-order valence-corrected chi connectivity index (χ0v) is 22.5. The van der Waals surface area contributed by atoms with E-state index in [1.807, 2.05) is 90.1 Å². The largest absolute Gasteiger partial charge is 0.450 e. The predicted octanol–water partition coefficient (Wildman–Crippen LogP) is 7.16. The highest BCUT2D eigenvalue weighted by molar-refractivity contribution is 5.70. The van der Waals surface area contributed by atoms with Crippen molar-refractivity contribution in [2.45, 2.75) is 65.5 Å². The highest BCUT2D eigenvalue weighted by Crippen LogP contribution is 2.25. The molecule has 0 heterocycles. The summed E-state index contributed by atoms with van der Waals surface area (Å²) < 4.78 is 10.6. The minimum atomic E-state index is -0.597. The van der Waals surface area contributed by atoms with E-state index in [0.29, 0.717) is 12.8 Å². The van der Waals surface area contributed by atoms with Crippen LogP contribution in [0.2, 0.25) is 0 Å². The molecule has 2 amide bonds. The molecule has 2 aromatic rings. The van der Waals surface area contributed by atoms with Gasteiger partial charge in [-0.15, -0.1) is 0 Å². The number of carbonyl (C=O) groups is 2. The highest BCUT2D eigenvalue weighted by Gasteiger charge is 2.25. The summed E-state index contributed by atoms with van der Waals surface area (Å²) in [5, 5.41) is 5.82. The number of alkyl carbamates (subject to hydrolysis) is 2. The molecule has 0 bridgehead atoms. The number of benzene rings is 2. The highest BCUT2D eigenvalue weighted by atomic mass is 16.6. The van der Waals surface area contributed by atoms with Gasteiger partial charge in [-0.2, -0.15) is 0 Å². The van der Waals surface area contributed by atoms with Gasteiger partial charge >= 0.3 is 12.2 Å². The smallest absolute Gasteiger partial charge is 0.407 e. The summed E-state index contributed by atoms with van der Waals surface area (Å²) >= 11 is 0. The number of hydrogen-bond acceptors (Lipinski definition) is 4. The second-order valence-corrected chi connectivity index (χ2v) is 10.2. The summed E-state index contributed by atoms with van der Waals surface area (Å²) in [5.41, 5.74) is 4.73. The van der Waals surface area contributed by atoms with Gasteiger partial charge in [0.2, 0.25) is 0 Å². The zero-order chi connectivity index (χ0) is 26.9. The number of allylic oxidation sites excluding steroid dienone is 2. The Kier molecular flexibility index (Phi) is 9.91. The molecule has 36 heavy (non-hydrogen) atoms. The molecular formula is C30H40N2O4. The van der Waals surface area contributed by atoms with Crippen LogP contribution in [0, 0.1) is 0 Å². The number of ether oxygens (including phenoxy) is 2. The van der Waals surface area contributed by atoms with Crippen LogP contribution in [-0.4, -0.2) is 25.4 Å². The predicted molar refractivity (Wildman–Crippen MR) is 147 cm³/mol.